The van der Waals surface area contributed by atoms with E-state index >= 15 is 0 Å². The van der Waals surface area contributed by atoms with E-state index in [4.69, 9.17) is 5.73 Å². The number of thioether (sulfide) groups is 1. The minimum atomic E-state index is 0.377. The van der Waals surface area contributed by atoms with Gasteiger partial charge in [-0.05, 0) is 24.0 Å². The summed E-state index contributed by atoms with van der Waals surface area (Å²) in [5.41, 5.74) is 5.91. The van der Waals surface area contributed by atoms with Crippen molar-refractivity contribution in [3.8, 4) is 0 Å². The predicted octanol–water partition coefficient (Wildman–Crippen LogP) is 2.75. The van der Waals surface area contributed by atoms with Crippen LogP contribution in [0.1, 0.15) is 34.1 Å². The largest absolute Gasteiger partial charge is 0.327 e. The minimum Gasteiger partial charge on any atom is -0.327 e. The van der Waals surface area contributed by atoms with Gasteiger partial charge in [-0.25, -0.2) is 0 Å². The Bertz CT molecular complexity index is 102. The quantitative estimate of drug-likeness (QED) is 0.650. The highest BCUT2D eigenvalue weighted by atomic mass is 32.2. The van der Waals surface area contributed by atoms with Crippen LogP contribution in [0.15, 0.2) is 0 Å². The van der Waals surface area contributed by atoms with Crippen LogP contribution < -0.4 is 5.73 Å². The van der Waals surface area contributed by atoms with Gasteiger partial charge in [0.15, 0.2) is 0 Å². The maximum absolute atomic E-state index is 5.91. The van der Waals surface area contributed by atoms with E-state index in [0.717, 1.165) is 11.7 Å². The van der Waals surface area contributed by atoms with Crippen molar-refractivity contribution in [2.75, 3.05) is 11.5 Å². The van der Waals surface area contributed by atoms with Crippen molar-refractivity contribution in [2.45, 2.75) is 40.2 Å². The van der Waals surface area contributed by atoms with E-state index in [1.165, 1.54) is 12.2 Å². The molecule has 0 spiro atoms. The Morgan fingerprint density at radius 3 is 2.17 bits per heavy atom. The van der Waals surface area contributed by atoms with E-state index in [2.05, 4.69) is 27.7 Å². The highest BCUT2D eigenvalue weighted by Crippen LogP contribution is 2.12. The van der Waals surface area contributed by atoms with Crippen molar-refractivity contribution in [3.63, 3.8) is 0 Å². The molecule has 0 aromatic rings. The van der Waals surface area contributed by atoms with Gasteiger partial charge in [0.2, 0.25) is 0 Å². The average Bonchev–Trinajstić information content (AvgIpc) is 1.97. The molecule has 0 aliphatic rings. The Morgan fingerprint density at radius 2 is 1.75 bits per heavy atom. The lowest BCUT2D eigenvalue weighted by Gasteiger charge is -2.14. The van der Waals surface area contributed by atoms with Crippen LogP contribution in [0.4, 0.5) is 0 Å². The fourth-order valence-electron chi connectivity index (χ4n) is 0.731. The standard InChI is InChI=1S/C10H23NS/c1-8(2)5-6-12-7-10(11)9(3)4/h8-10H,5-7,11H2,1-4H3. The first-order chi connectivity index (χ1) is 5.54. The van der Waals surface area contributed by atoms with Crippen molar-refractivity contribution >= 4 is 11.8 Å². The molecule has 0 amide bonds. The molecule has 0 aliphatic carbocycles. The van der Waals surface area contributed by atoms with Gasteiger partial charge in [0.1, 0.15) is 0 Å². The Hall–Kier alpha value is 0.310. The number of hydrogen-bond donors (Lipinski definition) is 1. The van der Waals surface area contributed by atoms with Gasteiger partial charge in [0, 0.05) is 11.8 Å². The summed E-state index contributed by atoms with van der Waals surface area (Å²) >= 11 is 1.99. The first kappa shape index (κ1) is 12.3. The number of rotatable bonds is 6. The summed E-state index contributed by atoms with van der Waals surface area (Å²) in [6, 6.07) is 0.377. The second-order valence-electron chi connectivity index (χ2n) is 4.17. The summed E-state index contributed by atoms with van der Waals surface area (Å²) in [5.74, 6) is 3.83. The maximum Gasteiger partial charge on any atom is 0.0153 e. The SMILES string of the molecule is CC(C)CCSCC(N)C(C)C. The molecule has 0 aromatic heterocycles. The minimum absolute atomic E-state index is 0.377. The van der Waals surface area contributed by atoms with Crippen molar-refractivity contribution in [1.29, 1.82) is 0 Å². The summed E-state index contributed by atoms with van der Waals surface area (Å²) in [4.78, 5) is 0. The summed E-state index contributed by atoms with van der Waals surface area (Å²) in [7, 11) is 0. The lowest BCUT2D eigenvalue weighted by molar-refractivity contribution is 0.535. The van der Waals surface area contributed by atoms with Crippen LogP contribution in [0.2, 0.25) is 0 Å². The zero-order valence-corrected chi connectivity index (χ0v) is 9.66. The van der Waals surface area contributed by atoms with Gasteiger partial charge in [0.25, 0.3) is 0 Å². The average molecular weight is 189 g/mol. The third kappa shape index (κ3) is 6.99. The molecule has 0 aromatic carbocycles. The van der Waals surface area contributed by atoms with E-state index < -0.39 is 0 Å². The van der Waals surface area contributed by atoms with Gasteiger partial charge >= 0.3 is 0 Å². The lowest BCUT2D eigenvalue weighted by atomic mass is 10.1. The fraction of sp³-hybridized carbons (Fsp3) is 1.00. The molecule has 0 aliphatic heterocycles. The molecule has 12 heavy (non-hydrogen) atoms. The molecule has 1 unspecified atom stereocenters. The van der Waals surface area contributed by atoms with E-state index in [9.17, 15) is 0 Å². The predicted molar refractivity (Wildman–Crippen MR) is 59.6 cm³/mol. The van der Waals surface area contributed by atoms with Crippen molar-refractivity contribution in [1.82, 2.24) is 0 Å². The fourth-order valence-corrected chi connectivity index (χ4v) is 2.19. The maximum atomic E-state index is 5.91. The van der Waals surface area contributed by atoms with Crippen LogP contribution in [0.25, 0.3) is 0 Å². The Labute approximate surface area is 81.5 Å². The lowest BCUT2D eigenvalue weighted by Crippen LogP contribution is -2.29. The first-order valence-electron chi connectivity index (χ1n) is 4.87. The highest BCUT2D eigenvalue weighted by molar-refractivity contribution is 7.99. The third-order valence-corrected chi connectivity index (χ3v) is 3.15. The van der Waals surface area contributed by atoms with Crippen LogP contribution in [0, 0.1) is 11.8 Å². The molecule has 2 N–H and O–H groups in total. The Kier molecular flexibility index (Phi) is 6.96. The number of hydrogen-bond acceptors (Lipinski definition) is 2. The zero-order chi connectivity index (χ0) is 9.56. The van der Waals surface area contributed by atoms with Crippen LogP contribution in [-0.4, -0.2) is 17.5 Å². The molecule has 0 saturated heterocycles. The Morgan fingerprint density at radius 1 is 1.17 bits per heavy atom. The third-order valence-electron chi connectivity index (χ3n) is 2.01. The molecule has 1 nitrogen and oxygen atoms in total. The molecule has 74 valence electrons. The van der Waals surface area contributed by atoms with E-state index in [-0.39, 0.29) is 0 Å². The van der Waals surface area contributed by atoms with Crippen LogP contribution in [-0.2, 0) is 0 Å². The number of nitrogens with two attached hydrogens (primary N) is 1. The molecule has 0 rings (SSSR count). The van der Waals surface area contributed by atoms with E-state index in [1.807, 2.05) is 11.8 Å². The molecule has 0 fully saturated rings. The van der Waals surface area contributed by atoms with Crippen molar-refractivity contribution in [3.05, 3.63) is 0 Å². The van der Waals surface area contributed by atoms with E-state index in [0.29, 0.717) is 12.0 Å². The smallest absolute Gasteiger partial charge is 0.0153 e. The molecule has 0 bridgehead atoms. The van der Waals surface area contributed by atoms with Gasteiger partial charge in [-0.2, -0.15) is 11.8 Å². The first-order valence-corrected chi connectivity index (χ1v) is 6.02. The van der Waals surface area contributed by atoms with Gasteiger partial charge in [-0.3, -0.25) is 0 Å². The van der Waals surface area contributed by atoms with Gasteiger partial charge in [-0.1, -0.05) is 27.7 Å². The van der Waals surface area contributed by atoms with Gasteiger partial charge in [0.05, 0.1) is 0 Å². The second-order valence-corrected chi connectivity index (χ2v) is 5.32. The molecular formula is C10H23NS. The van der Waals surface area contributed by atoms with Crippen LogP contribution in [0.5, 0.6) is 0 Å². The summed E-state index contributed by atoms with van der Waals surface area (Å²) in [6.07, 6.45) is 1.31. The molecular weight excluding hydrogens is 166 g/mol. The zero-order valence-electron chi connectivity index (χ0n) is 8.84. The van der Waals surface area contributed by atoms with Crippen molar-refractivity contribution in [2.24, 2.45) is 17.6 Å². The Balaban J connectivity index is 3.20. The molecule has 1 atom stereocenters. The summed E-state index contributed by atoms with van der Waals surface area (Å²) < 4.78 is 0. The second kappa shape index (κ2) is 6.79. The van der Waals surface area contributed by atoms with Crippen LogP contribution in [0.3, 0.4) is 0 Å². The van der Waals surface area contributed by atoms with E-state index in [1.54, 1.807) is 0 Å². The highest BCUT2D eigenvalue weighted by Gasteiger charge is 2.06. The monoisotopic (exact) mass is 189 g/mol. The molecule has 0 radical (unpaired) electrons. The van der Waals surface area contributed by atoms with Crippen LogP contribution >= 0.6 is 11.8 Å². The molecule has 2 heteroatoms. The molecule has 0 heterocycles. The summed E-state index contributed by atoms with van der Waals surface area (Å²) in [6.45, 7) is 8.91. The topological polar surface area (TPSA) is 26.0 Å². The van der Waals surface area contributed by atoms with Gasteiger partial charge in [-0.15, -0.1) is 0 Å². The summed E-state index contributed by atoms with van der Waals surface area (Å²) in [5, 5.41) is 0. The normalized spacial score (nSPS) is 14.2. The van der Waals surface area contributed by atoms with Crippen molar-refractivity contribution < 1.29 is 0 Å². The molecule has 0 saturated carbocycles. The van der Waals surface area contributed by atoms with Gasteiger partial charge < -0.3 is 5.73 Å².